The standard InChI is InChI=1S/C23H23ClN2O4S/c1-17(2)30-19-10-8-9-18(15-19)25-23(27)16-26(22-14-7-6-13-21(22)24)31(28,29)20-11-4-3-5-12-20/h3-15,17H,16H2,1-2H3,(H,25,27). The quantitative estimate of drug-likeness (QED) is 0.517. The van der Waals surface area contributed by atoms with E-state index in [1.54, 1.807) is 66.7 Å². The van der Waals surface area contributed by atoms with Crippen LogP contribution in [0.4, 0.5) is 11.4 Å². The Labute approximate surface area is 187 Å². The highest BCUT2D eigenvalue weighted by Gasteiger charge is 2.28. The van der Waals surface area contributed by atoms with Crippen LogP contribution in [0.1, 0.15) is 13.8 Å². The summed E-state index contributed by atoms with van der Waals surface area (Å²) in [5.41, 5.74) is 0.722. The molecule has 8 heteroatoms. The number of carbonyl (C=O) groups is 1. The number of anilines is 2. The van der Waals surface area contributed by atoms with Gasteiger partial charge in [-0.1, -0.05) is 48.0 Å². The maximum Gasteiger partial charge on any atom is 0.264 e. The van der Waals surface area contributed by atoms with Crippen molar-refractivity contribution in [2.45, 2.75) is 24.8 Å². The molecule has 0 heterocycles. The fourth-order valence-corrected chi connectivity index (χ4v) is 4.67. The molecule has 3 aromatic rings. The van der Waals surface area contributed by atoms with Gasteiger partial charge in [0.25, 0.3) is 10.0 Å². The van der Waals surface area contributed by atoms with E-state index in [9.17, 15) is 13.2 Å². The van der Waals surface area contributed by atoms with Crippen molar-refractivity contribution in [3.8, 4) is 5.75 Å². The van der Waals surface area contributed by atoms with Crippen LogP contribution in [0.5, 0.6) is 5.75 Å². The smallest absolute Gasteiger partial charge is 0.264 e. The van der Waals surface area contributed by atoms with Crippen LogP contribution in [0.15, 0.2) is 83.8 Å². The number of halogens is 1. The second-order valence-corrected chi connectivity index (χ2v) is 9.29. The molecule has 0 bridgehead atoms. The highest BCUT2D eigenvalue weighted by molar-refractivity contribution is 7.92. The first kappa shape index (κ1) is 22.7. The van der Waals surface area contributed by atoms with Crippen molar-refractivity contribution in [3.63, 3.8) is 0 Å². The molecule has 0 spiro atoms. The number of nitrogens with one attached hydrogen (secondary N) is 1. The molecule has 1 amide bonds. The normalized spacial score (nSPS) is 11.2. The van der Waals surface area contributed by atoms with Crippen molar-refractivity contribution in [2.75, 3.05) is 16.2 Å². The number of hydrogen-bond acceptors (Lipinski definition) is 4. The van der Waals surface area contributed by atoms with Gasteiger partial charge in [-0.2, -0.15) is 0 Å². The van der Waals surface area contributed by atoms with Gasteiger partial charge in [0.15, 0.2) is 0 Å². The van der Waals surface area contributed by atoms with E-state index < -0.39 is 22.5 Å². The van der Waals surface area contributed by atoms with Crippen molar-refractivity contribution in [2.24, 2.45) is 0 Å². The molecule has 0 saturated heterocycles. The molecule has 162 valence electrons. The summed E-state index contributed by atoms with van der Waals surface area (Å²) in [5.74, 6) is 0.0915. The third-order valence-corrected chi connectivity index (χ3v) is 6.32. The molecule has 0 aliphatic heterocycles. The summed E-state index contributed by atoms with van der Waals surface area (Å²) in [6.07, 6.45) is -0.0160. The molecule has 0 atom stereocenters. The molecule has 0 radical (unpaired) electrons. The van der Waals surface area contributed by atoms with E-state index in [1.807, 2.05) is 13.8 Å². The molecule has 3 rings (SSSR count). The summed E-state index contributed by atoms with van der Waals surface area (Å²) in [4.78, 5) is 12.9. The minimum Gasteiger partial charge on any atom is -0.491 e. The van der Waals surface area contributed by atoms with Crippen LogP contribution in [-0.2, 0) is 14.8 Å². The molecular formula is C23H23ClN2O4S. The lowest BCUT2D eigenvalue weighted by atomic mass is 10.3. The predicted octanol–water partition coefficient (Wildman–Crippen LogP) is 4.96. The SMILES string of the molecule is CC(C)Oc1cccc(NC(=O)CN(c2ccccc2Cl)S(=O)(=O)c2ccccc2)c1. The highest BCUT2D eigenvalue weighted by Crippen LogP contribution is 2.30. The van der Waals surface area contributed by atoms with Gasteiger partial charge in [-0.05, 0) is 50.2 Å². The monoisotopic (exact) mass is 458 g/mol. The van der Waals surface area contributed by atoms with E-state index in [0.29, 0.717) is 11.4 Å². The molecule has 0 fully saturated rings. The number of nitrogens with zero attached hydrogens (tertiary/aromatic N) is 1. The minimum atomic E-state index is -4.02. The van der Waals surface area contributed by atoms with Gasteiger partial charge in [0.05, 0.1) is 21.7 Å². The summed E-state index contributed by atoms with van der Waals surface area (Å²) in [6.45, 7) is 3.36. The largest absolute Gasteiger partial charge is 0.491 e. The van der Waals surface area contributed by atoms with E-state index in [1.165, 1.54) is 12.1 Å². The lowest BCUT2D eigenvalue weighted by molar-refractivity contribution is -0.114. The van der Waals surface area contributed by atoms with E-state index in [4.69, 9.17) is 16.3 Å². The Morgan fingerprint density at radius 1 is 1.00 bits per heavy atom. The molecular weight excluding hydrogens is 436 g/mol. The van der Waals surface area contributed by atoms with Gasteiger partial charge in [0, 0.05) is 11.8 Å². The second kappa shape index (κ2) is 9.85. The third kappa shape index (κ3) is 5.77. The summed E-state index contributed by atoms with van der Waals surface area (Å²) >= 11 is 6.27. The maximum atomic E-state index is 13.3. The van der Waals surface area contributed by atoms with Gasteiger partial charge >= 0.3 is 0 Å². The summed E-state index contributed by atoms with van der Waals surface area (Å²) in [7, 11) is -4.02. The van der Waals surface area contributed by atoms with Gasteiger partial charge in [-0.3, -0.25) is 9.10 Å². The first-order chi connectivity index (χ1) is 14.8. The molecule has 0 aliphatic carbocycles. The van der Waals surface area contributed by atoms with Crippen LogP contribution < -0.4 is 14.4 Å². The summed E-state index contributed by atoms with van der Waals surface area (Å²) in [6, 6.07) is 21.3. The van der Waals surface area contributed by atoms with E-state index in [-0.39, 0.29) is 21.7 Å². The number of hydrogen-bond donors (Lipinski definition) is 1. The highest BCUT2D eigenvalue weighted by atomic mass is 35.5. The zero-order chi connectivity index (χ0) is 22.4. The molecule has 6 nitrogen and oxygen atoms in total. The number of amides is 1. The van der Waals surface area contributed by atoms with Gasteiger partial charge in [-0.25, -0.2) is 8.42 Å². The predicted molar refractivity (Wildman–Crippen MR) is 123 cm³/mol. The van der Waals surface area contributed by atoms with Crippen LogP contribution in [0.3, 0.4) is 0 Å². The Morgan fingerprint density at radius 3 is 2.35 bits per heavy atom. The van der Waals surface area contributed by atoms with Crippen LogP contribution in [0.2, 0.25) is 5.02 Å². The second-order valence-electron chi connectivity index (χ2n) is 7.02. The van der Waals surface area contributed by atoms with Gasteiger partial charge in [0.2, 0.25) is 5.91 Å². The van der Waals surface area contributed by atoms with Crippen molar-refractivity contribution >= 4 is 38.9 Å². The molecule has 0 aliphatic rings. The first-order valence-corrected chi connectivity index (χ1v) is 11.5. The number of benzene rings is 3. The Hall–Kier alpha value is -3.03. The molecule has 0 aromatic heterocycles. The third-order valence-electron chi connectivity index (χ3n) is 4.23. The summed E-state index contributed by atoms with van der Waals surface area (Å²) < 4.78 is 33.3. The zero-order valence-corrected chi connectivity index (χ0v) is 18.7. The van der Waals surface area contributed by atoms with Crippen molar-refractivity contribution in [3.05, 3.63) is 83.9 Å². The first-order valence-electron chi connectivity index (χ1n) is 9.66. The average Bonchev–Trinajstić information content (AvgIpc) is 2.73. The number of carbonyl (C=O) groups excluding carboxylic acids is 1. The Kier molecular flexibility index (Phi) is 7.20. The zero-order valence-electron chi connectivity index (χ0n) is 17.2. The molecule has 3 aromatic carbocycles. The maximum absolute atomic E-state index is 13.3. The van der Waals surface area contributed by atoms with E-state index in [2.05, 4.69) is 5.32 Å². The fraction of sp³-hybridized carbons (Fsp3) is 0.174. The van der Waals surface area contributed by atoms with E-state index >= 15 is 0 Å². The summed E-state index contributed by atoms with van der Waals surface area (Å²) in [5, 5.41) is 2.95. The molecule has 0 saturated carbocycles. The van der Waals surface area contributed by atoms with E-state index in [0.717, 1.165) is 4.31 Å². The lowest BCUT2D eigenvalue weighted by Gasteiger charge is -2.25. The van der Waals surface area contributed by atoms with Gasteiger partial charge in [-0.15, -0.1) is 0 Å². The number of ether oxygens (including phenoxy) is 1. The van der Waals surface area contributed by atoms with Crippen LogP contribution in [0.25, 0.3) is 0 Å². The van der Waals surface area contributed by atoms with Crippen LogP contribution >= 0.6 is 11.6 Å². The molecule has 0 unspecified atom stereocenters. The average molecular weight is 459 g/mol. The Morgan fingerprint density at radius 2 is 1.68 bits per heavy atom. The van der Waals surface area contributed by atoms with Crippen LogP contribution in [0, 0.1) is 0 Å². The minimum absolute atomic E-state index is 0.0160. The van der Waals surface area contributed by atoms with Crippen molar-refractivity contribution in [1.82, 2.24) is 0 Å². The fourth-order valence-electron chi connectivity index (χ4n) is 2.92. The lowest BCUT2D eigenvalue weighted by Crippen LogP contribution is -2.38. The number of para-hydroxylation sites is 1. The van der Waals surface area contributed by atoms with Gasteiger partial charge < -0.3 is 10.1 Å². The number of sulfonamides is 1. The van der Waals surface area contributed by atoms with Gasteiger partial charge in [0.1, 0.15) is 12.3 Å². The van der Waals surface area contributed by atoms with Crippen LogP contribution in [-0.4, -0.2) is 27.0 Å². The Balaban J connectivity index is 1.89. The molecule has 1 N–H and O–H groups in total. The van der Waals surface area contributed by atoms with Crippen molar-refractivity contribution < 1.29 is 17.9 Å². The Bertz CT molecular complexity index is 1150. The topological polar surface area (TPSA) is 75.7 Å². The van der Waals surface area contributed by atoms with Crippen molar-refractivity contribution in [1.29, 1.82) is 0 Å². The number of rotatable bonds is 8. The molecule has 31 heavy (non-hydrogen) atoms.